The van der Waals surface area contributed by atoms with Gasteiger partial charge in [-0.3, -0.25) is 4.79 Å². The molecule has 0 aliphatic rings. The SMILES string of the molecule is O=C(O)CSSC(F)(F)F. The highest BCUT2D eigenvalue weighted by Gasteiger charge is 2.28. The van der Waals surface area contributed by atoms with Gasteiger partial charge in [-0.05, 0) is 0 Å². The number of hydrogen-bond acceptors (Lipinski definition) is 3. The van der Waals surface area contributed by atoms with E-state index in [-0.39, 0.29) is 10.8 Å². The minimum absolute atomic E-state index is 0.260. The van der Waals surface area contributed by atoms with Crippen LogP contribution in [0.4, 0.5) is 13.2 Å². The molecule has 1 N–H and O–H groups in total. The molecule has 0 amide bonds. The second-order valence-electron chi connectivity index (χ2n) is 1.19. The summed E-state index contributed by atoms with van der Waals surface area (Å²) in [5.41, 5.74) is -4.35. The van der Waals surface area contributed by atoms with Crippen LogP contribution in [-0.4, -0.2) is 22.3 Å². The maximum Gasteiger partial charge on any atom is 0.452 e. The molecule has 0 aliphatic carbocycles. The second-order valence-corrected chi connectivity index (χ2v) is 3.55. The standard InChI is InChI=1S/C3H3F3O2S2/c4-3(5,6)10-9-1-2(7)8/h1H2,(H,7,8). The smallest absolute Gasteiger partial charge is 0.452 e. The first-order chi connectivity index (χ1) is 4.42. The van der Waals surface area contributed by atoms with Crippen molar-refractivity contribution in [2.45, 2.75) is 5.51 Å². The van der Waals surface area contributed by atoms with Gasteiger partial charge in [-0.25, -0.2) is 0 Å². The number of rotatable bonds is 3. The van der Waals surface area contributed by atoms with Gasteiger partial charge >= 0.3 is 11.5 Å². The number of halogens is 3. The van der Waals surface area contributed by atoms with Gasteiger partial charge in [0.05, 0.1) is 0 Å². The normalized spacial score (nSPS) is 11.5. The molecule has 7 heteroatoms. The first-order valence-electron chi connectivity index (χ1n) is 2.01. The van der Waals surface area contributed by atoms with Crippen LogP contribution in [0.3, 0.4) is 0 Å². The summed E-state index contributed by atoms with van der Waals surface area (Å²) in [6.07, 6.45) is 0. The fourth-order valence-electron chi connectivity index (χ4n) is 0.147. The largest absolute Gasteiger partial charge is 0.481 e. The van der Waals surface area contributed by atoms with Crippen molar-refractivity contribution in [1.29, 1.82) is 0 Å². The summed E-state index contributed by atoms with van der Waals surface area (Å²) < 4.78 is 33.8. The van der Waals surface area contributed by atoms with E-state index in [4.69, 9.17) is 5.11 Å². The van der Waals surface area contributed by atoms with Crippen molar-refractivity contribution < 1.29 is 23.1 Å². The molecule has 0 saturated carbocycles. The molecule has 60 valence electrons. The third-order valence-corrected chi connectivity index (χ3v) is 2.28. The summed E-state index contributed by atoms with van der Waals surface area (Å²) in [6, 6.07) is 0. The highest BCUT2D eigenvalue weighted by molar-refractivity contribution is 8.77. The Labute approximate surface area is 62.6 Å². The quantitative estimate of drug-likeness (QED) is 0.693. The lowest BCUT2D eigenvalue weighted by Crippen LogP contribution is -2.00. The molecule has 0 fully saturated rings. The lowest BCUT2D eigenvalue weighted by atomic mass is 10.8. The Morgan fingerprint density at radius 3 is 2.30 bits per heavy atom. The average Bonchev–Trinajstić information content (AvgIpc) is 1.59. The Bertz CT molecular complexity index is 123. The molecule has 0 aromatic carbocycles. The van der Waals surface area contributed by atoms with Crippen molar-refractivity contribution in [2.75, 3.05) is 5.75 Å². The van der Waals surface area contributed by atoms with Crippen LogP contribution in [-0.2, 0) is 4.79 Å². The van der Waals surface area contributed by atoms with Crippen LogP contribution in [0.2, 0.25) is 0 Å². The number of aliphatic carboxylic acids is 1. The monoisotopic (exact) mass is 192 g/mol. The van der Waals surface area contributed by atoms with E-state index in [9.17, 15) is 18.0 Å². The topological polar surface area (TPSA) is 37.3 Å². The van der Waals surface area contributed by atoms with E-state index in [0.717, 1.165) is 0 Å². The molecule has 0 rings (SSSR count). The zero-order valence-electron chi connectivity index (χ0n) is 4.51. The molecule has 2 nitrogen and oxygen atoms in total. The van der Waals surface area contributed by atoms with Gasteiger partial charge < -0.3 is 5.11 Å². The molecule has 0 atom stereocenters. The molecule has 10 heavy (non-hydrogen) atoms. The summed E-state index contributed by atoms with van der Waals surface area (Å²) in [4.78, 5) is 9.68. The molecule has 0 radical (unpaired) electrons. The number of carboxylic acids is 1. The Balaban J connectivity index is 3.29. The molecule has 0 spiro atoms. The Morgan fingerprint density at radius 2 is 2.00 bits per heavy atom. The Morgan fingerprint density at radius 1 is 1.50 bits per heavy atom. The predicted molar refractivity (Wildman–Crippen MR) is 33.7 cm³/mol. The summed E-state index contributed by atoms with van der Waals surface area (Å²) in [7, 11) is -0.142. The van der Waals surface area contributed by atoms with Gasteiger partial charge in [0.15, 0.2) is 0 Å². The molecule has 0 unspecified atom stereocenters. The van der Waals surface area contributed by atoms with E-state index in [0.29, 0.717) is 0 Å². The molecule has 0 aliphatic heterocycles. The second kappa shape index (κ2) is 3.97. The van der Waals surface area contributed by atoms with Crippen molar-refractivity contribution in [3.05, 3.63) is 0 Å². The summed E-state index contributed by atoms with van der Waals surface area (Å²) in [6.45, 7) is 0. The third-order valence-electron chi connectivity index (χ3n) is 0.336. The van der Waals surface area contributed by atoms with Gasteiger partial charge in [0.25, 0.3) is 0 Å². The van der Waals surface area contributed by atoms with E-state index < -0.39 is 28.0 Å². The number of alkyl halides is 3. The van der Waals surface area contributed by atoms with Crippen LogP contribution >= 0.6 is 21.6 Å². The van der Waals surface area contributed by atoms with Crippen LogP contribution in [0.25, 0.3) is 0 Å². The molecule has 0 bridgehead atoms. The lowest BCUT2D eigenvalue weighted by molar-refractivity contribution is -0.133. The van der Waals surface area contributed by atoms with Crippen LogP contribution < -0.4 is 0 Å². The Hall–Kier alpha value is -0.0400. The van der Waals surface area contributed by atoms with Crippen LogP contribution in [0.15, 0.2) is 0 Å². The summed E-state index contributed by atoms with van der Waals surface area (Å²) in [5, 5.41) is 7.91. The van der Waals surface area contributed by atoms with E-state index >= 15 is 0 Å². The zero-order chi connectivity index (χ0) is 8.20. The molecule has 0 aromatic rings. The predicted octanol–water partition coefficient (Wildman–Crippen LogP) is 1.97. The highest BCUT2D eigenvalue weighted by atomic mass is 33.1. The van der Waals surface area contributed by atoms with Crippen molar-refractivity contribution in [3.8, 4) is 0 Å². The van der Waals surface area contributed by atoms with Crippen LogP contribution in [0, 0.1) is 0 Å². The van der Waals surface area contributed by atoms with Crippen molar-refractivity contribution >= 4 is 27.6 Å². The van der Waals surface area contributed by atoms with Crippen molar-refractivity contribution in [1.82, 2.24) is 0 Å². The maximum atomic E-state index is 11.3. The van der Waals surface area contributed by atoms with Gasteiger partial charge in [0.2, 0.25) is 0 Å². The zero-order valence-corrected chi connectivity index (χ0v) is 6.15. The van der Waals surface area contributed by atoms with E-state index in [1.807, 2.05) is 0 Å². The van der Waals surface area contributed by atoms with Crippen LogP contribution in [0.5, 0.6) is 0 Å². The molecular formula is C3H3F3O2S2. The lowest BCUT2D eigenvalue weighted by Gasteiger charge is -2.01. The van der Waals surface area contributed by atoms with Gasteiger partial charge in [-0.1, -0.05) is 10.8 Å². The van der Waals surface area contributed by atoms with Crippen molar-refractivity contribution in [2.24, 2.45) is 0 Å². The van der Waals surface area contributed by atoms with Gasteiger partial charge in [0, 0.05) is 10.8 Å². The highest BCUT2D eigenvalue weighted by Crippen LogP contribution is 2.39. The maximum absolute atomic E-state index is 11.3. The summed E-state index contributed by atoms with van der Waals surface area (Å²) in [5.74, 6) is -1.79. The minimum atomic E-state index is -4.35. The molecule has 0 heterocycles. The van der Waals surface area contributed by atoms with Gasteiger partial charge in [0.1, 0.15) is 5.75 Å². The van der Waals surface area contributed by atoms with E-state index in [1.54, 1.807) is 0 Å². The van der Waals surface area contributed by atoms with Crippen molar-refractivity contribution in [3.63, 3.8) is 0 Å². The summed E-state index contributed by atoms with van der Waals surface area (Å²) >= 11 is 0. The van der Waals surface area contributed by atoms with Gasteiger partial charge in [-0.2, -0.15) is 13.2 Å². The van der Waals surface area contributed by atoms with Gasteiger partial charge in [-0.15, -0.1) is 0 Å². The van der Waals surface area contributed by atoms with Crippen LogP contribution in [0.1, 0.15) is 0 Å². The molecular weight excluding hydrogens is 189 g/mol. The average molecular weight is 192 g/mol. The Kier molecular flexibility index (Phi) is 3.95. The van der Waals surface area contributed by atoms with E-state index in [1.165, 1.54) is 0 Å². The number of carboxylic acid groups (broad SMARTS) is 1. The van der Waals surface area contributed by atoms with E-state index in [2.05, 4.69) is 0 Å². The number of carbonyl (C=O) groups is 1. The first kappa shape index (κ1) is 9.96. The fourth-order valence-corrected chi connectivity index (χ4v) is 1.32. The molecule has 0 aromatic heterocycles. The molecule has 0 saturated heterocycles. The first-order valence-corrected chi connectivity index (χ1v) is 4.33. The fraction of sp³-hybridized carbons (Fsp3) is 0.667. The number of hydrogen-bond donors (Lipinski definition) is 1. The third kappa shape index (κ3) is 7.96. The minimum Gasteiger partial charge on any atom is -0.481 e.